The molecule has 7 heteroatoms. The lowest BCUT2D eigenvalue weighted by Gasteiger charge is -2.37. The molecular formula is C36H37NO6. The highest BCUT2D eigenvalue weighted by molar-refractivity contribution is 6.09. The van der Waals surface area contributed by atoms with E-state index in [2.05, 4.69) is 0 Å². The monoisotopic (exact) mass is 579 g/mol. The standard InChI is InChI=1S/C36H37NO6/c1-24(36(40)41-22-25-11-4-2-5-12-25)37(30-18-10-16-26-13-8-9-17-29(26)30)35(39)33(34(38)27-14-6-3-7-15-27)28-19-20-31-32(21-28)43-23-42-31/h2,4-5,8-13,16-21,24,27,33-34,38H,3,6-7,14-15,22-23H2,1H3/t24-,33?,34?/m0/s1. The molecule has 6 rings (SSSR count). The Hall–Kier alpha value is -4.36. The van der Waals surface area contributed by atoms with Crippen molar-refractivity contribution in [1.29, 1.82) is 0 Å². The zero-order chi connectivity index (χ0) is 29.8. The first kappa shape index (κ1) is 28.7. The van der Waals surface area contributed by atoms with Crippen molar-refractivity contribution in [3.63, 3.8) is 0 Å². The van der Waals surface area contributed by atoms with Crippen LogP contribution in [0.5, 0.6) is 11.5 Å². The van der Waals surface area contributed by atoms with Crippen molar-refractivity contribution >= 4 is 28.3 Å². The lowest BCUT2D eigenvalue weighted by Crippen LogP contribution is -2.49. The Balaban J connectivity index is 1.42. The number of aliphatic hydroxyl groups excluding tert-OH is 1. The Morgan fingerprint density at radius 1 is 0.884 bits per heavy atom. The second-order valence-electron chi connectivity index (χ2n) is 11.5. The molecule has 0 bridgehead atoms. The van der Waals surface area contributed by atoms with Gasteiger partial charge in [-0.1, -0.05) is 92.1 Å². The molecule has 2 unspecified atom stereocenters. The third kappa shape index (κ3) is 6.09. The first-order valence-corrected chi connectivity index (χ1v) is 15.1. The SMILES string of the molecule is C[C@@H](C(=O)OCc1ccccc1)N(C(=O)C(c1ccc2c(c1)OCO2)C(O)C1CCCCC1)c1cccc2ccccc12. The summed E-state index contributed by atoms with van der Waals surface area (Å²) in [6.45, 7) is 1.89. The quantitative estimate of drug-likeness (QED) is 0.221. The largest absolute Gasteiger partial charge is 0.459 e. The molecule has 2 aliphatic rings. The maximum absolute atomic E-state index is 15.0. The Labute approximate surface area is 252 Å². The van der Waals surface area contributed by atoms with E-state index in [-0.39, 0.29) is 25.2 Å². The van der Waals surface area contributed by atoms with E-state index in [9.17, 15) is 14.7 Å². The minimum atomic E-state index is -0.961. The number of esters is 1. The number of carbonyl (C=O) groups is 2. The minimum Gasteiger partial charge on any atom is -0.459 e. The van der Waals surface area contributed by atoms with Crippen LogP contribution >= 0.6 is 0 Å². The van der Waals surface area contributed by atoms with Gasteiger partial charge in [-0.15, -0.1) is 0 Å². The molecule has 1 fully saturated rings. The first-order chi connectivity index (χ1) is 21.0. The summed E-state index contributed by atoms with van der Waals surface area (Å²) in [5, 5.41) is 13.7. The number of hydrogen-bond donors (Lipinski definition) is 1. The van der Waals surface area contributed by atoms with Crippen molar-refractivity contribution < 1.29 is 28.9 Å². The Morgan fingerprint density at radius 3 is 2.42 bits per heavy atom. The van der Waals surface area contributed by atoms with Crippen LogP contribution in [-0.4, -0.2) is 35.9 Å². The normalized spacial score (nSPS) is 16.8. The molecule has 0 radical (unpaired) electrons. The predicted molar refractivity (Wildman–Crippen MR) is 165 cm³/mol. The average Bonchev–Trinajstić information content (AvgIpc) is 3.53. The third-order valence-electron chi connectivity index (χ3n) is 8.71. The van der Waals surface area contributed by atoms with Crippen molar-refractivity contribution in [3.05, 3.63) is 102 Å². The van der Waals surface area contributed by atoms with Crippen molar-refractivity contribution in [2.45, 2.75) is 63.7 Å². The molecule has 43 heavy (non-hydrogen) atoms. The molecular weight excluding hydrogens is 542 g/mol. The fraction of sp³-hybridized carbons (Fsp3) is 0.333. The minimum absolute atomic E-state index is 0.0390. The Morgan fingerprint density at radius 2 is 1.60 bits per heavy atom. The van der Waals surface area contributed by atoms with Crippen LogP contribution in [0.3, 0.4) is 0 Å². The van der Waals surface area contributed by atoms with Gasteiger partial charge in [0, 0.05) is 5.39 Å². The summed E-state index contributed by atoms with van der Waals surface area (Å²) in [6.07, 6.45) is 3.89. The van der Waals surface area contributed by atoms with Gasteiger partial charge in [0.05, 0.1) is 17.7 Å². The molecule has 1 amide bonds. The van der Waals surface area contributed by atoms with Gasteiger partial charge in [-0.05, 0) is 60.4 Å². The van der Waals surface area contributed by atoms with Crippen molar-refractivity contribution in [3.8, 4) is 11.5 Å². The summed E-state index contributed by atoms with van der Waals surface area (Å²) in [5.41, 5.74) is 2.08. The number of benzene rings is 4. The summed E-state index contributed by atoms with van der Waals surface area (Å²) >= 11 is 0. The summed E-state index contributed by atoms with van der Waals surface area (Å²) in [6, 6.07) is 27.4. The number of hydrogen-bond acceptors (Lipinski definition) is 6. The van der Waals surface area contributed by atoms with Gasteiger partial charge in [0.1, 0.15) is 12.6 Å². The molecule has 4 aromatic rings. The molecule has 1 saturated carbocycles. The summed E-state index contributed by atoms with van der Waals surface area (Å²) in [7, 11) is 0. The Kier molecular flexibility index (Phi) is 8.61. The van der Waals surface area contributed by atoms with Gasteiger partial charge in [-0.2, -0.15) is 0 Å². The number of nitrogens with zero attached hydrogens (tertiary/aromatic N) is 1. The molecule has 0 aromatic heterocycles. The molecule has 7 nitrogen and oxygen atoms in total. The van der Waals surface area contributed by atoms with Crippen LogP contribution < -0.4 is 14.4 Å². The highest BCUT2D eigenvalue weighted by Gasteiger charge is 2.41. The third-order valence-corrected chi connectivity index (χ3v) is 8.71. The van der Waals surface area contributed by atoms with Gasteiger partial charge in [-0.3, -0.25) is 9.69 Å². The molecule has 1 aliphatic carbocycles. The molecule has 1 N–H and O–H groups in total. The van der Waals surface area contributed by atoms with Crippen molar-refractivity contribution in [2.75, 3.05) is 11.7 Å². The van der Waals surface area contributed by atoms with Crippen LogP contribution in [0.25, 0.3) is 10.8 Å². The Bertz CT molecular complexity index is 1580. The fourth-order valence-electron chi connectivity index (χ4n) is 6.38. The van der Waals surface area contributed by atoms with Crippen LogP contribution in [0, 0.1) is 5.92 Å². The summed E-state index contributed by atoms with van der Waals surface area (Å²) < 4.78 is 16.9. The zero-order valence-electron chi connectivity index (χ0n) is 24.4. The molecule has 0 saturated heterocycles. The molecule has 0 spiro atoms. The average molecular weight is 580 g/mol. The number of anilines is 1. The van der Waals surface area contributed by atoms with E-state index in [1.807, 2.05) is 78.9 Å². The lowest BCUT2D eigenvalue weighted by atomic mass is 9.77. The second kappa shape index (κ2) is 12.9. The number of amides is 1. The lowest BCUT2D eigenvalue weighted by molar-refractivity contribution is -0.147. The molecule has 1 aliphatic heterocycles. The van der Waals surface area contributed by atoms with Crippen LogP contribution in [0.2, 0.25) is 0 Å². The van der Waals surface area contributed by atoms with E-state index in [1.165, 1.54) is 4.90 Å². The van der Waals surface area contributed by atoms with E-state index in [0.717, 1.165) is 48.4 Å². The van der Waals surface area contributed by atoms with E-state index < -0.39 is 24.0 Å². The topological polar surface area (TPSA) is 85.3 Å². The molecule has 1 heterocycles. The van der Waals surface area contributed by atoms with Crippen LogP contribution in [0.15, 0.2) is 91.0 Å². The van der Waals surface area contributed by atoms with Gasteiger partial charge < -0.3 is 19.3 Å². The van der Waals surface area contributed by atoms with E-state index in [4.69, 9.17) is 14.2 Å². The number of ether oxygens (including phenoxy) is 3. The number of fused-ring (bicyclic) bond motifs is 2. The maximum Gasteiger partial charge on any atom is 0.329 e. The van der Waals surface area contributed by atoms with Gasteiger partial charge in [0.2, 0.25) is 12.7 Å². The van der Waals surface area contributed by atoms with Gasteiger partial charge in [0.25, 0.3) is 0 Å². The van der Waals surface area contributed by atoms with Crippen LogP contribution in [0.1, 0.15) is 56.1 Å². The molecule has 4 aromatic carbocycles. The molecule has 222 valence electrons. The fourth-order valence-corrected chi connectivity index (χ4v) is 6.38. The van der Waals surface area contributed by atoms with Gasteiger partial charge >= 0.3 is 5.97 Å². The highest BCUT2D eigenvalue weighted by atomic mass is 16.7. The van der Waals surface area contributed by atoms with E-state index >= 15 is 0 Å². The maximum atomic E-state index is 15.0. The highest BCUT2D eigenvalue weighted by Crippen LogP contribution is 2.41. The van der Waals surface area contributed by atoms with Crippen molar-refractivity contribution in [1.82, 2.24) is 0 Å². The second-order valence-corrected chi connectivity index (χ2v) is 11.5. The molecule has 3 atom stereocenters. The smallest absolute Gasteiger partial charge is 0.329 e. The number of carbonyl (C=O) groups excluding carboxylic acids is 2. The summed E-state index contributed by atoms with van der Waals surface area (Å²) in [5.74, 6) is -0.716. The van der Waals surface area contributed by atoms with Gasteiger partial charge in [-0.25, -0.2) is 4.79 Å². The number of rotatable bonds is 9. The van der Waals surface area contributed by atoms with Crippen molar-refractivity contribution in [2.24, 2.45) is 5.92 Å². The van der Waals surface area contributed by atoms with Crippen LogP contribution in [0.4, 0.5) is 5.69 Å². The van der Waals surface area contributed by atoms with Crippen LogP contribution in [-0.2, 0) is 20.9 Å². The zero-order valence-corrected chi connectivity index (χ0v) is 24.4. The van der Waals surface area contributed by atoms with Gasteiger partial charge in [0.15, 0.2) is 11.5 Å². The number of aliphatic hydroxyl groups is 1. The van der Waals surface area contributed by atoms with E-state index in [1.54, 1.807) is 19.1 Å². The van der Waals surface area contributed by atoms with E-state index in [0.29, 0.717) is 22.7 Å². The summed E-state index contributed by atoms with van der Waals surface area (Å²) in [4.78, 5) is 30.1. The predicted octanol–water partition coefficient (Wildman–Crippen LogP) is 6.76. The first-order valence-electron chi connectivity index (χ1n) is 15.1.